The second kappa shape index (κ2) is 4.66. The minimum atomic E-state index is 0.354. The zero-order chi connectivity index (χ0) is 11.6. The Kier molecular flexibility index (Phi) is 3.60. The van der Waals surface area contributed by atoms with Gasteiger partial charge in [-0.3, -0.25) is 4.90 Å². The number of hydrogen-bond acceptors (Lipinski definition) is 2. The van der Waals surface area contributed by atoms with Gasteiger partial charge >= 0.3 is 0 Å². The third-order valence-corrected chi connectivity index (χ3v) is 4.75. The molecule has 1 saturated heterocycles. The Morgan fingerprint density at radius 3 is 2.50 bits per heavy atom. The van der Waals surface area contributed by atoms with Gasteiger partial charge in [0, 0.05) is 31.7 Å². The molecule has 1 heterocycles. The summed E-state index contributed by atoms with van der Waals surface area (Å²) >= 11 is 0. The Hall–Kier alpha value is -0.0800. The first kappa shape index (κ1) is 12.4. The first-order chi connectivity index (χ1) is 7.55. The van der Waals surface area contributed by atoms with Gasteiger partial charge in [0.1, 0.15) is 0 Å². The molecule has 0 spiro atoms. The van der Waals surface area contributed by atoms with Crippen molar-refractivity contribution in [2.24, 2.45) is 5.41 Å². The van der Waals surface area contributed by atoms with Crippen molar-refractivity contribution >= 4 is 0 Å². The van der Waals surface area contributed by atoms with Gasteiger partial charge in [-0.05, 0) is 31.6 Å². The van der Waals surface area contributed by atoms with E-state index < -0.39 is 0 Å². The molecule has 2 rings (SSSR count). The molecule has 0 bridgehead atoms. The fraction of sp³-hybridized carbons (Fsp3) is 1.00. The predicted molar refractivity (Wildman–Crippen MR) is 69.7 cm³/mol. The smallest absolute Gasteiger partial charge is 0.0278 e. The van der Waals surface area contributed by atoms with Gasteiger partial charge in [0.25, 0.3) is 0 Å². The Bertz CT molecular complexity index is 233. The van der Waals surface area contributed by atoms with Crippen LogP contribution in [0.15, 0.2) is 0 Å². The van der Waals surface area contributed by atoms with E-state index in [0.29, 0.717) is 11.0 Å². The van der Waals surface area contributed by atoms with Crippen molar-refractivity contribution in [3.8, 4) is 0 Å². The zero-order valence-electron chi connectivity index (χ0n) is 11.3. The van der Waals surface area contributed by atoms with Gasteiger partial charge in [-0.1, -0.05) is 26.7 Å². The average Bonchev–Trinajstić information content (AvgIpc) is 2.65. The largest absolute Gasteiger partial charge is 0.309 e. The van der Waals surface area contributed by atoms with Crippen molar-refractivity contribution in [1.29, 1.82) is 0 Å². The summed E-state index contributed by atoms with van der Waals surface area (Å²) in [6.45, 7) is 12.1. The van der Waals surface area contributed by atoms with Crippen molar-refractivity contribution in [3.05, 3.63) is 0 Å². The third-order valence-electron chi connectivity index (χ3n) is 4.75. The van der Waals surface area contributed by atoms with Crippen LogP contribution in [0.25, 0.3) is 0 Å². The molecule has 2 fully saturated rings. The molecule has 0 aromatic rings. The SMILES string of the molecule is CCC1(C)CN(CC2(C)CCCC2)CCN1. The summed E-state index contributed by atoms with van der Waals surface area (Å²) in [6, 6.07) is 0. The number of piperazine rings is 1. The molecule has 2 aliphatic rings. The van der Waals surface area contributed by atoms with Crippen molar-refractivity contribution in [2.45, 2.75) is 58.4 Å². The lowest BCUT2D eigenvalue weighted by molar-refractivity contribution is 0.0940. The normalized spacial score (nSPS) is 35.4. The van der Waals surface area contributed by atoms with Crippen LogP contribution in [-0.2, 0) is 0 Å². The lowest BCUT2D eigenvalue weighted by atomic mass is 9.86. The topological polar surface area (TPSA) is 15.3 Å². The van der Waals surface area contributed by atoms with Crippen LogP contribution < -0.4 is 5.32 Å². The van der Waals surface area contributed by atoms with Crippen LogP contribution in [0.2, 0.25) is 0 Å². The number of rotatable bonds is 3. The maximum atomic E-state index is 3.67. The van der Waals surface area contributed by atoms with E-state index in [1.165, 1.54) is 58.3 Å². The Morgan fingerprint density at radius 1 is 1.19 bits per heavy atom. The van der Waals surface area contributed by atoms with Crippen LogP contribution in [0.4, 0.5) is 0 Å². The quantitative estimate of drug-likeness (QED) is 0.793. The second-order valence-electron chi connectivity index (χ2n) is 6.57. The first-order valence-corrected chi connectivity index (χ1v) is 7.03. The van der Waals surface area contributed by atoms with Crippen molar-refractivity contribution in [2.75, 3.05) is 26.2 Å². The summed E-state index contributed by atoms with van der Waals surface area (Å²) in [7, 11) is 0. The minimum absolute atomic E-state index is 0.354. The molecule has 0 aromatic carbocycles. The van der Waals surface area contributed by atoms with E-state index in [9.17, 15) is 0 Å². The molecular formula is C14H28N2. The molecule has 0 amide bonds. The fourth-order valence-corrected chi connectivity index (χ4v) is 3.44. The molecule has 16 heavy (non-hydrogen) atoms. The summed E-state index contributed by atoms with van der Waals surface area (Å²) in [5.41, 5.74) is 0.971. The summed E-state index contributed by atoms with van der Waals surface area (Å²) in [6.07, 6.45) is 7.03. The summed E-state index contributed by atoms with van der Waals surface area (Å²) in [5, 5.41) is 3.67. The number of nitrogens with one attached hydrogen (secondary N) is 1. The van der Waals surface area contributed by atoms with Crippen molar-refractivity contribution in [1.82, 2.24) is 10.2 Å². The van der Waals surface area contributed by atoms with Gasteiger partial charge in [0.2, 0.25) is 0 Å². The van der Waals surface area contributed by atoms with E-state index in [1.54, 1.807) is 0 Å². The van der Waals surface area contributed by atoms with Gasteiger partial charge in [-0.2, -0.15) is 0 Å². The van der Waals surface area contributed by atoms with E-state index in [2.05, 4.69) is 31.0 Å². The van der Waals surface area contributed by atoms with Gasteiger partial charge in [0.15, 0.2) is 0 Å². The molecular weight excluding hydrogens is 196 g/mol. The predicted octanol–water partition coefficient (Wildman–Crippen LogP) is 2.64. The second-order valence-corrected chi connectivity index (χ2v) is 6.57. The lowest BCUT2D eigenvalue weighted by Crippen LogP contribution is -2.59. The molecule has 1 atom stereocenters. The molecule has 2 heteroatoms. The van der Waals surface area contributed by atoms with E-state index >= 15 is 0 Å². The highest BCUT2D eigenvalue weighted by molar-refractivity contribution is 4.92. The molecule has 0 radical (unpaired) electrons. The van der Waals surface area contributed by atoms with Crippen LogP contribution in [0.5, 0.6) is 0 Å². The average molecular weight is 224 g/mol. The molecule has 2 nitrogen and oxygen atoms in total. The highest BCUT2D eigenvalue weighted by Crippen LogP contribution is 2.38. The summed E-state index contributed by atoms with van der Waals surface area (Å²) < 4.78 is 0. The van der Waals surface area contributed by atoms with E-state index in [4.69, 9.17) is 0 Å². The maximum Gasteiger partial charge on any atom is 0.0278 e. The number of nitrogens with zero attached hydrogens (tertiary/aromatic N) is 1. The van der Waals surface area contributed by atoms with Crippen LogP contribution in [0.1, 0.15) is 52.9 Å². The van der Waals surface area contributed by atoms with E-state index in [-0.39, 0.29) is 0 Å². The van der Waals surface area contributed by atoms with E-state index in [1.807, 2.05) is 0 Å². The Balaban J connectivity index is 1.90. The third kappa shape index (κ3) is 2.78. The molecule has 1 unspecified atom stereocenters. The van der Waals surface area contributed by atoms with Crippen LogP contribution >= 0.6 is 0 Å². The van der Waals surface area contributed by atoms with Gasteiger partial charge in [-0.25, -0.2) is 0 Å². The minimum Gasteiger partial charge on any atom is -0.309 e. The van der Waals surface area contributed by atoms with Crippen molar-refractivity contribution in [3.63, 3.8) is 0 Å². The monoisotopic (exact) mass is 224 g/mol. The Morgan fingerprint density at radius 2 is 1.88 bits per heavy atom. The standard InChI is InChI=1S/C14H28N2/c1-4-14(3)12-16(10-9-15-14)11-13(2)7-5-6-8-13/h15H,4-12H2,1-3H3. The summed E-state index contributed by atoms with van der Waals surface area (Å²) in [5.74, 6) is 0. The molecule has 1 N–H and O–H groups in total. The lowest BCUT2D eigenvalue weighted by Gasteiger charge is -2.44. The molecule has 94 valence electrons. The van der Waals surface area contributed by atoms with Crippen LogP contribution in [0, 0.1) is 5.41 Å². The summed E-state index contributed by atoms with van der Waals surface area (Å²) in [4.78, 5) is 2.70. The fourth-order valence-electron chi connectivity index (χ4n) is 3.44. The maximum absolute atomic E-state index is 3.67. The highest BCUT2D eigenvalue weighted by Gasteiger charge is 2.35. The molecule has 0 aromatic heterocycles. The van der Waals surface area contributed by atoms with Gasteiger partial charge in [0.05, 0.1) is 0 Å². The van der Waals surface area contributed by atoms with E-state index in [0.717, 1.165) is 0 Å². The van der Waals surface area contributed by atoms with Gasteiger partial charge in [-0.15, -0.1) is 0 Å². The van der Waals surface area contributed by atoms with Gasteiger partial charge < -0.3 is 5.32 Å². The zero-order valence-corrected chi connectivity index (χ0v) is 11.3. The molecule has 1 aliphatic heterocycles. The molecule has 1 saturated carbocycles. The van der Waals surface area contributed by atoms with Crippen molar-refractivity contribution < 1.29 is 0 Å². The number of hydrogen-bond donors (Lipinski definition) is 1. The first-order valence-electron chi connectivity index (χ1n) is 7.03. The highest BCUT2D eigenvalue weighted by atomic mass is 15.2. The Labute approximate surface area is 101 Å². The van der Waals surface area contributed by atoms with Crippen LogP contribution in [0.3, 0.4) is 0 Å². The van der Waals surface area contributed by atoms with Crippen LogP contribution in [-0.4, -0.2) is 36.6 Å². The molecule has 1 aliphatic carbocycles.